The number of rotatable bonds is 6. The number of hydrogen-bond donors (Lipinski definition) is 1. The van der Waals surface area contributed by atoms with Gasteiger partial charge in [0.15, 0.2) is 0 Å². The van der Waals surface area contributed by atoms with E-state index in [1.165, 1.54) is 0 Å². The summed E-state index contributed by atoms with van der Waals surface area (Å²) in [6.07, 6.45) is 1.55. The molecule has 110 valence electrons. The minimum atomic E-state index is -0.806. The van der Waals surface area contributed by atoms with Crippen LogP contribution in [0.1, 0.15) is 12.8 Å². The van der Waals surface area contributed by atoms with E-state index in [4.69, 9.17) is 14.2 Å². The Labute approximate surface area is 118 Å². The van der Waals surface area contributed by atoms with Crippen LogP contribution in [-0.4, -0.2) is 38.0 Å². The van der Waals surface area contributed by atoms with Crippen LogP contribution in [0.4, 0.5) is 0 Å². The van der Waals surface area contributed by atoms with E-state index in [0.29, 0.717) is 24.7 Å². The SMILES string of the molecule is COc1cccc(OCC(C(=O)O)C2CCOCC2)c1. The first kappa shape index (κ1) is 14.7. The minimum Gasteiger partial charge on any atom is -0.497 e. The molecule has 5 heteroatoms. The fraction of sp³-hybridized carbons (Fsp3) is 0.533. The number of hydrogen-bond acceptors (Lipinski definition) is 4. The Bertz CT molecular complexity index is 440. The van der Waals surface area contributed by atoms with Crippen LogP contribution in [0.25, 0.3) is 0 Å². The van der Waals surface area contributed by atoms with Crippen LogP contribution in [0.3, 0.4) is 0 Å². The van der Waals surface area contributed by atoms with Crippen LogP contribution in [0.5, 0.6) is 11.5 Å². The summed E-state index contributed by atoms with van der Waals surface area (Å²) in [6, 6.07) is 7.19. The Morgan fingerprint density at radius 3 is 2.75 bits per heavy atom. The first-order chi connectivity index (χ1) is 9.70. The van der Waals surface area contributed by atoms with Crippen molar-refractivity contribution in [1.82, 2.24) is 0 Å². The zero-order valence-corrected chi connectivity index (χ0v) is 11.6. The average Bonchev–Trinajstić information content (AvgIpc) is 2.48. The lowest BCUT2D eigenvalue weighted by molar-refractivity contribution is -0.146. The number of benzene rings is 1. The predicted molar refractivity (Wildman–Crippen MR) is 73.2 cm³/mol. The van der Waals surface area contributed by atoms with E-state index < -0.39 is 11.9 Å². The molecule has 0 spiro atoms. The zero-order chi connectivity index (χ0) is 14.4. The maximum atomic E-state index is 11.4. The highest BCUT2D eigenvalue weighted by atomic mass is 16.5. The van der Waals surface area contributed by atoms with Crippen LogP contribution >= 0.6 is 0 Å². The van der Waals surface area contributed by atoms with Crippen LogP contribution in [0.2, 0.25) is 0 Å². The lowest BCUT2D eigenvalue weighted by Gasteiger charge is -2.27. The van der Waals surface area contributed by atoms with Gasteiger partial charge in [0.2, 0.25) is 0 Å². The summed E-state index contributed by atoms with van der Waals surface area (Å²) in [5.41, 5.74) is 0. The fourth-order valence-corrected chi connectivity index (χ4v) is 2.40. The van der Waals surface area contributed by atoms with Crippen LogP contribution in [-0.2, 0) is 9.53 Å². The highest BCUT2D eigenvalue weighted by molar-refractivity contribution is 5.70. The number of carboxylic acids is 1. The molecule has 1 aliphatic heterocycles. The smallest absolute Gasteiger partial charge is 0.310 e. The van der Waals surface area contributed by atoms with Crippen LogP contribution < -0.4 is 9.47 Å². The fourth-order valence-electron chi connectivity index (χ4n) is 2.40. The highest BCUT2D eigenvalue weighted by Crippen LogP contribution is 2.26. The summed E-state index contributed by atoms with van der Waals surface area (Å²) in [6.45, 7) is 1.44. The molecule has 1 heterocycles. The van der Waals surface area contributed by atoms with Gasteiger partial charge in [-0.2, -0.15) is 0 Å². The Hall–Kier alpha value is -1.75. The molecule has 0 aromatic heterocycles. The van der Waals surface area contributed by atoms with Crippen molar-refractivity contribution in [3.8, 4) is 11.5 Å². The molecule has 5 nitrogen and oxygen atoms in total. The van der Waals surface area contributed by atoms with Crippen molar-refractivity contribution < 1.29 is 24.1 Å². The van der Waals surface area contributed by atoms with Crippen LogP contribution in [0, 0.1) is 11.8 Å². The standard InChI is InChI=1S/C15H20O5/c1-18-12-3-2-4-13(9-12)20-10-14(15(16)17)11-5-7-19-8-6-11/h2-4,9,11,14H,5-8,10H2,1H3,(H,16,17). The molecule has 0 aliphatic carbocycles. The molecule has 0 radical (unpaired) electrons. The van der Waals surface area contributed by atoms with Gasteiger partial charge in [-0.3, -0.25) is 4.79 Å². The summed E-state index contributed by atoms with van der Waals surface area (Å²) >= 11 is 0. The van der Waals surface area contributed by atoms with Crippen molar-refractivity contribution in [2.24, 2.45) is 11.8 Å². The Kier molecular flexibility index (Phi) is 5.24. The molecular weight excluding hydrogens is 260 g/mol. The molecule has 0 saturated carbocycles. The second kappa shape index (κ2) is 7.14. The molecule has 1 saturated heterocycles. The molecule has 1 N–H and O–H groups in total. The molecule has 1 aliphatic rings. The van der Waals surface area contributed by atoms with Gasteiger partial charge in [-0.1, -0.05) is 6.07 Å². The summed E-state index contributed by atoms with van der Waals surface area (Å²) < 4.78 is 16.0. The third-order valence-electron chi connectivity index (χ3n) is 3.62. The first-order valence-electron chi connectivity index (χ1n) is 6.78. The quantitative estimate of drug-likeness (QED) is 0.865. The number of methoxy groups -OCH3 is 1. The Morgan fingerprint density at radius 2 is 2.10 bits per heavy atom. The van der Waals surface area contributed by atoms with Gasteiger partial charge in [0, 0.05) is 19.3 Å². The second-order valence-electron chi connectivity index (χ2n) is 4.88. The van der Waals surface area contributed by atoms with E-state index in [9.17, 15) is 9.90 Å². The molecule has 1 atom stereocenters. The van der Waals surface area contributed by atoms with Crippen molar-refractivity contribution in [3.63, 3.8) is 0 Å². The maximum Gasteiger partial charge on any atom is 0.310 e. The van der Waals surface area contributed by atoms with Gasteiger partial charge in [0.05, 0.1) is 13.0 Å². The monoisotopic (exact) mass is 280 g/mol. The van der Waals surface area contributed by atoms with Crippen LogP contribution in [0.15, 0.2) is 24.3 Å². The lowest BCUT2D eigenvalue weighted by atomic mass is 9.86. The van der Waals surface area contributed by atoms with Gasteiger partial charge in [0.25, 0.3) is 0 Å². The molecule has 1 aromatic rings. The van der Waals surface area contributed by atoms with Gasteiger partial charge in [-0.25, -0.2) is 0 Å². The van der Waals surface area contributed by atoms with Crippen molar-refractivity contribution in [3.05, 3.63) is 24.3 Å². The molecule has 0 bridgehead atoms. The summed E-state index contributed by atoms with van der Waals surface area (Å²) in [7, 11) is 1.58. The molecule has 20 heavy (non-hydrogen) atoms. The van der Waals surface area contributed by atoms with Gasteiger partial charge >= 0.3 is 5.97 Å². The largest absolute Gasteiger partial charge is 0.497 e. The van der Waals surface area contributed by atoms with Crippen molar-refractivity contribution in [2.45, 2.75) is 12.8 Å². The number of carboxylic acid groups (broad SMARTS) is 1. The second-order valence-corrected chi connectivity index (χ2v) is 4.88. The number of ether oxygens (including phenoxy) is 3. The lowest BCUT2D eigenvalue weighted by Crippen LogP contribution is -2.33. The van der Waals surface area contributed by atoms with Gasteiger partial charge in [0.1, 0.15) is 18.1 Å². The van der Waals surface area contributed by atoms with E-state index in [1.807, 2.05) is 12.1 Å². The third-order valence-corrected chi connectivity index (χ3v) is 3.62. The molecule has 0 amide bonds. The summed E-state index contributed by atoms with van der Waals surface area (Å²) in [4.78, 5) is 11.4. The molecular formula is C15H20O5. The van der Waals surface area contributed by atoms with Crippen molar-refractivity contribution in [1.29, 1.82) is 0 Å². The normalized spacial score (nSPS) is 17.4. The average molecular weight is 280 g/mol. The third kappa shape index (κ3) is 3.87. The van der Waals surface area contributed by atoms with Gasteiger partial charge < -0.3 is 19.3 Å². The predicted octanol–water partition coefficient (Wildman–Crippen LogP) is 2.20. The van der Waals surface area contributed by atoms with Crippen molar-refractivity contribution in [2.75, 3.05) is 26.9 Å². The maximum absolute atomic E-state index is 11.4. The van der Waals surface area contributed by atoms with E-state index in [1.54, 1.807) is 19.2 Å². The summed E-state index contributed by atoms with van der Waals surface area (Å²) in [5, 5.41) is 9.36. The van der Waals surface area contributed by atoms with E-state index in [0.717, 1.165) is 12.8 Å². The van der Waals surface area contributed by atoms with Gasteiger partial charge in [-0.05, 0) is 30.9 Å². The Morgan fingerprint density at radius 1 is 1.40 bits per heavy atom. The minimum absolute atomic E-state index is 0.117. The van der Waals surface area contributed by atoms with E-state index >= 15 is 0 Å². The number of carbonyl (C=O) groups is 1. The number of aliphatic carboxylic acids is 1. The first-order valence-corrected chi connectivity index (χ1v) is 6.78. The summed E-state index contributed by atoms with van der Waals surface area (Å²) in [5.74, 6) is 0.139. The molecule has 2 rings (SSSR count). The molecule has 1 fully saturated rings. The zero-order valence-electron chi connectivity index (χ0n) is 11.6. The Balaban J connectivity index is 1.95. The highest BCUT2D eigenvalue weighted by Gasteiger charge is 2.30. The van der Waals surface area contributed by atoms with Gasteiger partial charge in [-0.15, -0.1) is 0 Å². The van der Waals surface area contributed by atoms with E-state index in [2.05, 4.69) is 0 Å². The molecule has 1 aromatic carbocycles. The molecule has 1 unspecified atom stereocenters. The van der Waals surface area contributed by atoms with E-state index in [-0.39, 0.29) is 12.5 Å². The van der Waals surface area contributed by atoms with Crippen molar-refractivity contribution >= 4 is 5.97 Å². The topological polar surface area (TPSA) is 65.0 Å².